The number of methoxy groups -OCH3 is 1. The Morgan fingerprint density at radius 1 is 0.892 bits per heavy atom. The van der Waals surface area contributed by atoms with Gasteiger partial charge in [-0.2, -0.15) is 0 Å². The van der Waals surface area contributed by atoms with E-state index in [1.54, 1.807) is 7.11 Å². The minimum Gasteiger partial charge on any atom is -0.459 e. The number of rotatable bonds is 21. The highest BCUT2D eigenvalue weighted by atomic mass is 16.7. The van der Waals surface area contributed by atoms with E-state index in [2.05, 4.69) is 6.92 Å². The monoisotopic (exact) mass is 524 g/mol. The largest absolute Gasteiger partial charge is 0.459 e. The highest BCUT2D eigenvalue weighted by molar-refractivity contribution is 5.82. The maximum Gasteiger partial charge on any atom is 0.330 e. The lowest BCUT2D eigenvalue weighted by Gasteiger charge is -2.42. The van der Waals surface area contributed by atoms with Crippen LogP contribution in [0.2, 0.25) is 0 Å². The van der Waals surface area contributed by atoms with Crippen molar-refractivity contribution in [1.82, 2.24) is 0 Å². The molecule has 6 nitrogen and oxygen atoms in total. The quantitative estimate of drug-likeness (QED) is 0.0860. The van der Waals surface area contributed by atoms with Crippen LogP contribution in [0.3, 0.4) is 0 Å². The molecule has 0 N–H and O–H groups in total. The van der Waals surface area contributed by atoms with Crippen LogP contribution in [0, 0.1) is 0 Å². The van der Waals surface area contributed by atoms with Crippen molar-refractivity contribution in [3.05, 3.63) is 12.2 Å². The second-order valence-corrected chi connectivity index (χ2v) is 11.5. The van der Waals surface area contributed by atoms with E-state index in [4.69, 9.17) is 23.7 Å². The van der Waals surface area contributed by atoms with E-state index in [1.165, 1.54) is 83.1 Å². The molecule has 2 aliphatic rings. The third-order valence-corrected chi connectivity index (χ3v) is 7.50. The summed E-state index contributed by atoms with van der Waals surface area (Å²) >= 11 is 0. The van der Waals surface area contributed by atoms with E-state index in [0.717, 1.165) is 32.1 Å². The van der Waals surface area contributed by atoms with E-state index in [1.807, 2.05) is 19.9 Å². The van der Waals surface area contributed by atoms with Crippen LogP contribution >= 0.6 is 0 Å². The molecule has 0 saturated carbocycles. The number of unbranched alkanes of at least 4 members (excludes halogenated alkanes) is 11. The molecule has 1 saturated heterocycles. The molecule has 0 aromatic heterocycles. The van der Waals surface area contributed by atoms with E-state index >= 15 is 0 Å². The fraction of sp³-hybridized carbons (Fsp3) is 0.903. The number of carbonyl (C=O) groups excluding carboxylic acids is 1. The van der Waals surface area contributed by atoms with Gasteiger partial charge in [-0.25, -0.2) is 4.79 Å². The van der Waals surface area contributed by atoms with Crippen molar-refractivity contribution in [3.8, 4) is 0 Å². The number of hydrogen-bond acceptors (Lipinski definition) is 6. The Balaban J connectivity index is 1.63. The lowest BCUT2D eigenvalue weighted by atomic mass is 9.96. The number of cyclic esters (lactones) is 1. The molecule has 2 heterocycles. The summed E-state index contributed by atoms with van der Waals surface area (Å²) in [7, 11) is 1.68. The van der Waals surface area contributed by atoms with E-state index in [0.29, 0.717) is 13.2 Å². The van der Waals surface area contributed by atoms with Gasteiger partial charge in [-0.05, 0) is 33.1 Å². The first kappa shape index (κ1) is 32.3. The smallest absolute Gasteiger partial charge is 0.330 e. The van der Waals surface area contributed by atoms with Crippen LogP contribution in [0.1, 0.15) is 136 Å². The Morgan fingerprint density at radius 2 is 1.51 bits per heavy atom. The Bertz CT molecular complexity index is 619. The summed E-state index contributed by atoms with van der Waals surface area (Å²) in [5.41, 5.74) is 0. The van der Waals surface area contributed by atoms with Crippen LogP contribution in [-0.4, -0.2) is 50.1 Å². The van der Waals surface area contributed by atoms with Gasteiger partial charge in [-0.1, -0.05) is 90.0 Å². The minimum absolute atomic E-state index is 0.0211. The fourth-order valence-electron chi connectivity index (χ4n) is 5.61. The van der Waals surface area contributed by atoms with Crippen LogP contribution in [0.25, 0.3) is 0 Å². The molecule has 4 atom stereocenters. The van der Waals surface area contributed by atoms with E-state index in [9.17, 15) is 4.79 Å². The van der Waals surface area contributed by atoms with E-state index in [-0.39, 0.29) is 30.4 Å². The summed E-state index contributed by atoms with van der Waals surface area (Å²) in [6.45, 7) is 6.57. The molecule has 0 unspecified atom stereocenters. The zero-order valence-electron chi connectivity index (χ0n) is 24.3. The van der Waals surface area contributed by atoms with Crippen molar-refractivity contribution in [2.24, 2.45) is 0 Å². The molecule has 0 aromatic rings. The predicted molar refractivity (Wildman–Crippen MR) is 148 cm³/mol. The summed E-state index contributed by atoms with van der Waals surface area (Å²) in [6, 6.07) is 0. The van der Waals surface area contributed by atoms with Crippen LogP contribution < -0.4 is 0 Å². The van der Waals surface area contributed by atoms with Crippen LogP contribution in [0.5, 0.6) is 0 Å². The van der Waals surface area contributed by atoms with E-state index < -0.39 is 5.79 Å². The Kier molecular flexibility index (Phi) is 16.7. The van der Waals surface area contributed by atoms with Crippen molar-refractivity contribution in [2.75, 3.05) is 13.9 Å². The topological polar surface area (TPSA) is 63.2 Å². The normalized spacial score (nSPS) is 24.2. The maximum absolute atomic E-state index is 11.6. The maximum atomic E-state index is 11.6. The Labute approximate surface area is 227 Å². The molecule has 2 rings (SSSR count). The molecule has 216 valence electrons. The molecular formula is C31H56O6. The lowest BCUT2D eigenvalue weighted by molar-refractivity contribution is -0.304. The summed E-state index contributed by atoms with van der Waals surface area (Å²) in [5.74, 6) is -0.893. The Hall–Kier alpha value is -0.950. The number of hydrogen-bond donors (Lipinski definition) is 0. The summed E-state index contributed by atoms with van der Waals surface area (Å²) < 4.78 is 29.1. The van der Waals surface area contributed by atoms with Crippen molar-refractivity contribution in [1.29, 1.82) is 0 Å². The number of ether oxygens (including phenoxy) is 5. The second kappa shape index (κ2) is 19.2. The summed E-state index contributed by atoms with van der Waals surface area (Å²) in [4.78, 5) is 11.6. The van der Waals surface area contributed by atoms with Crippen LogP contribution in [0.4, 0.5) is 0 Å². The van der Waals surface area contributed by atoms with Gasteiger partial charge in [0.1, 0.15) is 12.9 Å². The predicted octanol–water partition coefficient (Wildman–Crippen LogP) is 8.02. The average Bonchev–Trinajstić information content (AvgIpc) is 2.85. The third-order valence-electron chi connectivity index (χ3n) is 7.50. The highest BCUT2D eigenvalue weighted by Crippen LogP contribution is 2.33. The highest BCUT2D eigenvalue weighted by Gasteiger charge is 2.37. The van der Waals surface area contributed by atoms with Gasteiger partial charge in [0.2, 0.25) is 0 Å². The third kappa shape index (κ3) is 15.3. The molecule has 0 bridgehead atoms. The molecule has 2 aliphatic heterocycles. The summed E-state index contributed by atoms with van der Waals surface area (Å²) in [5, 5.41) is 0. The average molecular weight is 525 g/mol. The lowest BCUT2D eigenvalue weighted by Crippen LogP contribution is -2.46. The standard InChI is InChI=1S/C31H56O6/c1-5-6-7-8-9-10-11-12-13-14-15-16-18-26(34-25-33-4)21-22-28-24-29(37-31(2,3)36-28)23-27-19-17-20-30(32)35-27/h17,20,26-29H,5-16,18-19,21-25H2,1-4H3/t26-,27+,28-,29+/m0/s1. The molecule has 0 amide bonds. The van der Waals surface area contributed by atoms with Gasteiger partial charge in [0.05, 0.1) is 18.3 Å². The zero-order chi connectivity index (χ0) is 26.8. The molecule has 1 fully saturated rings. The van der Waals surface area contributed by atoms with Crippen molar-refractivity contribution in [3.63, 3.8) is 0 Å². The molecule has 0 aliphatic carbocycles. The molecule has 0 aromatic carbocycles. The van der Waals surface area contributed by atoms with Gasteiger partial charge in [0.25, 0.3) is 0 Å². The molecule has 37 heavy (non-hydrogen) atoms. The SMILES string of the molecule is CCCCCCCCCCCCCC[C@@H](CC[C@H]1C[C@@H](C[C@H]2CC=CC(=O)O2)OC(C)(C)O1)OCOC. The molecular weight excluding hydrogens is 468 g/mol. The van der Waals surface area contributed by atoms with Gasteiger partial charge in [-0.3, -0.25) is 0 Å². The van der Waals surface area contributed by atoms with Gasteiger partial charge in [0, 0.05) is 32.4 Å². The van der Waals surface area contributed by atoms with Crippen LogP contribution in [0.15, 0.2) is 12.2 Å². The molecule has 0 spiro atoms. The van der Waals surface area contributed by atoms with Crippen molar-refractivity contribution >= 4 is 5.97 Å². The fourth-order valence-corrected chi connectivity index (χ4v) is 5.61. The zero-order valence-corrected chi connectivity index (χ0v) is 24.3. The first-order chi connectivity index (χ1) is 17.9. The van der Waals surface area contributed by atoms with Crippen molar-refractivity contribution in [2.45, 2.75) is 167 Å². The van der Waals surface area contributed by atoms with Gasteiger partial charge in [-0.15, -0.1) is 0 Å². The van der Waals surface area contributed by atoms with Gasteiger partial charge >= 0.3 is 5.97 Å². The van der Waals surface area contributed by atoms with Crippen molar-refractivity contribution < 1.29 is 28.5 Å². The number of esters is 1. The summed E-state index contributed by atoms with van der Waals surface area (Å²) in [6.07, 6.45) is 25.2. The Morgan fingerprint density at radius 3 is 2.14 bits per heavy atom. The first-order valence-corrected chi connectivity index (χ1v) is 15.2. The molecule has 6 heteroatoms. The van der Waals surface area contributed by atoms with Crippen LogP contribution in [-0.2, 0) is 28.5 Å². The van der Waals surface area contributed by atoms with Gasteiger partial charge < -0.3 is 23.7 Å². The minimum atomic E-state index is -0.638. The first-order valence-electron chi connectivity index (χ1n) is 15.2. The number of carbonyl (C=O) groups is 1. The second-order valence-electron chi connectivity index (χ2n) is 11.5. The molecule has 0 radical (unpaired) electrons. The van der Waals surface area contributed by atoms with Gasteiger partial charge in [0.15, 0.2) is 5.79 Å².